The number of rotatable bonds is 4. The molecule has 0 aliphatic heterocycles. The van der Waals surface area contributed by atoms with Crippen LogP contribution in [0, 0.1) is 6.92 Å². The topological polar surface area (TPSA) is 68.0 Å². The molecule has 2 heterocycles. The Labute approximate surface area is 113 Å². The highest BCUT2D eigenvalue weighted by Crippen LogP contribution is 2.40. The molecule has 2 aromatic heterocycles. The Morgan fingerprint density at radius 1 is 1.55 bits per heavy atom. The number of aromatic nitrogens is 3. The smallest absolute Gasteiger partial charge is 0.336 e. The maximum atomic E-state index is 12.6. The molecule has 0 bridgehead atoms. The van der Waals surface area contributed by atoms with Crippen molar-refractivity contribution in [1.82, 2.24) is 14.8 Å². The van der Waals surface area contributed by atoms with Crippen LogP contribution in [0.15, 0.2) is 6.07 Å². The monoisotopic (exact) mass is 281 g/mol. The first kappa shape index (κ1) is 13.0. The van der Waals surface area contributed by atoms with Crippen molar-refractivity contribution in [1.29, 1.82) is 0 Å². The number of hydrogen-bond donors (Lipinski definition) is 1. The van der Waals surface area contributed by atoms with E-state index in [1.54, 1.807) is 13.0 Å². The van der Waals surface area contributed by atoms with Crippen LogP contribution in [0.2, 0.25) is 0 Å². The molecular formula is C13H13F2N3O2. The molecular weight excluding hydrogens is 268 g/mol. The number of pyridine rings is 1. The maximum absolute atomic E-state index is 12.6. The fraction of sp³-hybridized carbons (Fsp3) is 0.462. The first-order valence-electron chi connectivity index (χ1n) is 6.37. The van der Waals surface area contributed by atoms with E-state index in [1.165, 1.54) is 0 Å². The van der Waals surface area contributed by atoms with Crippen molar-refractivity contribution in [2.45, 2.75) is 38.7 Å². The minimum atomic E-state index is -2.56. The van der Waals surface area contributed by atoms with Crippen molar-refractivity contribution in [3.05, 3.63) is 23.0 Å². The molecule has 1 aliphatic carbocycles. The van der Waals surface area contributed by atoms with Gasteiger partial charge in [-0.3, -0.25) is 0 Å². The summed E-state index contributed by atoms with van der Waals surface area (Å²) < 4.78 is 26.3. The number of carboxylic acids is 1. The van der Waals surface area contributed by atoms with Gasteiger partial charge in [-0.25, -0.2) is 23.2 Å². The Morgan fingerprint density at radius 2 is 2.25 bits per heavy atom. The van der Waals surface area contributed by atoms with E-state index in [9.17, 15) is 18.7 Å². The van der Waals surface area contributed by atoms with Crippen molar-refractivity contribution in [3.63, 3.8) is 0 Å². The summed E-state index contributed by atoms with van der Waals surface area (Å²) in [5, 5.41) is 13.7. The van der Waals surface area contributed by atoms with Gasteiger partial charge < -0.3 is 5.11 Å². The van der Waals surface area contributed by atoms with E-state index < -0.39 is 18.9 Å². The Kier molecular flexibility index (Phi) is 2.92. The lowest BCUT2D eigenvalue weighted by Crippen LogP contribution is -2.10. The van der Waals surface area contributed by atoms with Gasteiger partial charge in [-0.15, -0.1) is 0 Å². The normalized spacial score (nSPS) is 15.2. The number of carboxylic acid groups (broad SMARTS) is 1. The van der Waals surface area contributed by atoms with Crippen LogP contribution in [0.5, 0.6) is 0 Å². The van der Waals surface area contributed by atoms with Crippen LogP contribution >= 0.6 is 0 Å². The van der Waals surface area contributed by atoms with Gasteiger partial charge in [-0.2, -0.15) is 5.10 Å². The van der Waals surface area contributed by atoms with Gasteiger partial charge in [-0.05, 0) is 25.8 Å². The van der Waals surface area contributed by atoms with Crippen LogP contribution in [0.3, 0.4) is 0 Å². The van der Waals surface area contributed by atoms with Gasteiger partial charge in [0.15, 0.2) is 5.65 Å². The summed E-state index contributed by atoms with van der Waals surface area (Å²) in [6, 6.07) is 1.55. The zero-order chi connectivity index (χ0) is 14.4. The second-order valence-corrected chi connectivity index (χ2v) is 5.03. The number of hydrogen-bond acceptors (Lipinski definition) is 3. The molecule has 1 N–H and O–H groups in total. The first-order valence-corrected chi connectivity index (χ1v) is 6.37. The summed E-state index contributed by atoms with van der Waals surface area (Å²) in [5.74, 6) is -0.841. The zero-order valence-corrected chi connectivity index (χ0v) is 10.8. The Hall–Kier alpha value is -2.05. The predicted octanol–water partition coefficient (Wildman–Crippen LogP) is 2.58. The lowest BCUT2D eigenvalue weighted by atomic mass is 10.1. The third-order valence-electron chi connectivity index (χ3n) is 3.43. The minimum absolute atomic E-state index is 0.0925. The molecule has 0 aromatic carbocycles. The molecule has 5 nitrogen and oxygen atoms in total. The van der Waals surface area contributed by atoms with Crippen LogP contribution in [0.4, 0.5) is 8.78 Å². The molecule has 106 valence electrons. The van der Waals surface area contributed by atoms with E-state index >= 15 is 0 Å². The third-order valence-corrected chi connectivity index (χ3v) is 3.43. The van der Waals surface area contributed by atoms with Crippen molar-refractivity contribution in [2.75, 3.05) is 0 Å². The quantitative estimate of drug-likeness (QED) is 0.935. The van der Waals surface area contributed by atoms with Crippen LogP contribution in [0.25, 0.3) is 11.0 Å². The van der Waals surface area contributed by atoms with Crippen molar-refractivity contribution in [3.8, 4) is 0 Å². The molecule has 3 rings (SSSR count). The Bertz CT molecular complexity index is 692. The van der Waals surface area contributed by atoms with Crippen molar-refractivity contribution in [2.24, 2.45) is 0 Å². The van der Waals surface area contributed by atoms with Crippen LogP contribution in [-0.2, 0) is 6.54 Å². The molecule has 0 spiro atoms. The number of aromatic carboxylic acids is 1. The molecule has 0 atom stereocenters. The zero-order valence-electron chi connectivity index (χ0n) is 10.8. The molecule has 0 unspecified atom stereocenters. The Morgan fingerprint density at radius 3 is 2.80 bits per heavy atom. The Balaban J connectivity index is 2.25. The molecule has 1 fully saturated rings. The van der Waals surface area contributed by atoms with Gasteiger partial charge in [-0.1, -0.05) is 0 Å². The molecule has 1 aliphatic rings. The summed E-state index contributed by atoms with van der Waals surface area (Å²) in [6.07, 6.45) is -0.642. The van der Waals surface area contributed by atoms with Crippen LogP contribution in [0.1, 0.15) is 40.5 Å². The summed E-state index contributed by atoms with van der Waals surface area (Å²) in [5.41, 5.74) is 1.40. The number of fused-ring (bicyclic) bond motifs is 1. The standard InChI is InChI=1S/C13H13F2N3O2/c1-6-11-8(13(19)20)4-9(7-2-3-7)16-12(11)18(17-6)5-10(14)15/h4,7,10H,2-3,5H2,1H3,(H,19,20). The lowest BCUT2D eigenvalue weighted by Gasteiger charge is -2.05. The number of aryl methyl sites for hydroxylation is 1. The first-order chi connectivity index (χ1) is 9.47. The third kappa shape index (κ3) is 2.13. The van der Waals surface area contributed by atoms with Crippen molar-refractivity contribution < 1.29 is 18.7 Å². The fourth-order valence-corrected chi connectivity index (χ4v) is 2.39. The number of alkyl halides is 2. The van der Waals surface area contributed by atoms with E-state index in [0.717, 1.165) is 17.5 Å². The van der Waals surface area contributed by atoms with E-state index in [-0.39, 0.29) is 17.1 Å². The molecule has 0 radical (unpaired) electrons. The van der Waals surface area contributed by atoms with Gasteiger partial charge in [0.25, 0.3) is 6.43 Å². The second kappa shape index (κ2) is 4.50. The molecule has 2 aromatic rings. The van der Waals surface area contributed by atoms with Crippen molar-refractivity contribution >= 4 is 17.0 Å². The van der Waals surface area contributed by atoms with Gasteiger partial charge in [0, 0.05) is 11.6 Å². The number of nitrogens with zero attached hydrogens (tertiary/aromatic N) is 3. The SMILES string of the molecule is Cc1nn(CC(F)F)c2nc(C3CC3)cc(C(=O)O)c12. The van der Waals surface area contributed by atoms with Gasteiger partial charge in [0.1, 0.15) is 6.54 Å². The van der Waals surface area contributed by atoms with Gasteiger partial charge >= 0.3 is 5.97 Å². The highest BCUT2D eigenvalue weighted by atomic mass is 19.3. The molecule has 20 heavy (non-hydrogen) atoms. The highest BCUT2D eigenvalue weighted by Gasteiger charge is 2.28. The summed E-state index contributed by atoms with van der Waals surface area (Å²) in [6.45, 7) is 1.03. The van der Waals surface area contributed by atoms with Crippen LogP contribution in [-0.4, -0.2) is 32.3 Å². The largest absolute Gasteiger partial charge is 0.478 e. The summed E-state index contributed by atoms with van der Waals surface area (Å²) in [7, 11) is 0. The minimum Gasteiger partial charge on any atom is -0.478 e. The van der Waals surface area contributed by atoms with Gasteiger partial charge in [0.05, 0.1) is 16.6 Å². The van der Waals surface area contributed by atoms with Gasteiger partial charge in [0.2, 0.25) is 0 Å². The van der Waals surface area contributed by atoms with Crippen LogP contribution < -0.4 is 0 Å². The average molecular weight is 281 g/mol. The summed E-state index contributed by atoms with van der Waals surface area (Å²) >= 11 is 0. The van der Waals surface area contributed by atoms with E-state index in [0.29, 0.717) is 16.8 Å². The predicted molar refractivity (Wildman–Crippen MR) is 67.2 cm³/mol. The van der Waals surface area contributed by atoms with E-state index in [2.05, 4.69) is 10.1 Å². The average Bonchev–Trinajstić information content (AvgIpc) is 3.15. The maximum Gasteiger partial charge on any atom is 0.336 e. The lowest BCUT2D eigenvalue weighted by molar-refractivity contribution is 0.0698. The number of halogens is 2. The molecule has 0 amide bonds. The number of carbonyl (C=O) groups is 1. The molecule has 7 heteroatoms. The fourth-order valence-electron chi connectivity index (χ4n) is 2.39. The second-order valence-electron chi connectivity index (χ2n) is 5.03. The molecule has 1 saturated carbocycles. The highest BCUT2D eigenvalue weighted by molar-refractivity contribution is 6.03. The molecule has 0 saturated heterocycles. The summed E-state index contributed by atoms with van der Waals surface area (Å²) in [4.78, 5) is 15.7. The van der Waals surface area contributed by atoms with E-state index in [4.69, 9.17) is 0 Å². The van der Waals surface area contributed by atoms with E-state index in [1.807, 2.05) is 0 Å².